The lowest BCUT2D eigenvalue weighted by atomic mass is 9.94. The summed E-state index contributed by atoms with van der Waals surface area (Å²) in [6.45, 7) is 9.17. The maximum atomic E-state index is 6.02. The van der Waals surface area contributed by atoms with Gasteiger partial charge in [0.2, 0.25) is 0 Å². The molecule has 2 aliphatic heterocycles. The SMILES string of the molecule is C=C1COC2CC(C(CC)CC)OC12. The molecule has 2 rings (SSSR count). The monoisotopic (exact) mass is 196 g/mol. The third-order valence-electron chi connectivity index (χ3n) is 3.58. The first-order valence-electron chi connectivity index (χ1n) is 5.71. The van der Waals surface area contributed by atoms with E-state index in [1.54, 1.807) is 0 Å². The van der Waals surface area contributed by atoms with Crippen molar-refractivity contribution < 1.29 is 9.47 Å². The Kier molecular flexibility index (Phi) is 2.93. The molecule has 2 aliphatic rings. The van der Waals surface area contributed by atoms with Gasteiger partial charge in [-0.3, -0.25) is 0 Å². The van der Waals surface area contributed by atoms with Gasteiger partial charge in [0.15, 0.2) is 0 Å². The van der Waals surface area contributed by atoms with Crippen LogP contribution in [0.25, 0.3) is 0 Å². The van der Waals surface area contributed by atoms with Gasteiger partial charge in [0.1, 0.15) is 6.10 Å². The Labute approximate surface area is 86.3 Å². The highest BCUT2D eigenvalue weighted by Gasteiger charge is 2.43. The van der Waals surface area contributed by atoms with Crippen LogP contribution < -0.4 is 0 Å². The van der Waals surface area contributed by atoms with Crippen molar-refractivity contribution in [2.24, 2.45) is 5.92 Å². The molecule has 2 saturated heterocycles. The number of hydrogen-bond acceptors (Lipinski definition) is 2. The molecule has 2 nitrogen and oxygen atoms in total. The predicted molar refractivity (Wildman–Crippen MR) is 56.2 cm³/mol. The zero-order valence-electron chi connectivity index (χ0n) is 9.16. The first-order chi connectivity index (χ1) is 6.76. The second kappa shape index (κ2) is 4.03. The highest BCUT2D eigenvalue weighted by molar-refractivity contribution is 5.14. The van der Waals surface area contributed by atoms with Gasteiger partial charge in [0.05, 0.1) is 18.8 Å². The molecule has 0 bridgehead atoms. The van der Waals surface area contributed by atoms with Crippen molar-refractivity contribution in [1.29, 1.82) is 0 Å². The first kappa shape index (κ1) is 10.2. The van der Waals surface area contributed by atoms with Crippen LogP contribution in [0.1, 0.15) is 33.1 Å². The third kappa shape index (κ3) is 1.61. The second-order valence-electron chi connectivity index (χ2n) is 4.42. The van der Waals surface area contributed by atoms with E-state index in [0.717, 1.165) is 12.0 Å². The fourth-order valence-electron chi connectivity index (χ4n) is 2.61. The number of hydrogen-bond donors (Lipinski definition) is 0. The summed E-state index contributed by atoms with van der Waals surface area (Å²) in [6.07, 6.45) is 4.36. The van der Waals surface area contributed by atoms with E-state index < -0.39 is 0 Å². The van der Waals surface area contributed by atoms with E-state index in [1.807, 2.05) is 0 Å². The molecule has 0 spiro atoms. The Hall–Kier alpha value is -0.340. The van der Waals surface area contributed by atoms with Gasteiger partial charge in [-0.25, -0.2) is 0 Å². The van der Waals surface area contributed by atoms with Crippen LogP contribution in [0, 0.1) is 5.92 Å². The maximum absolute atomic E-state index is 6.02. The van der Waals surface area contributed by atoms with E-state index in [-0.39, 0.29) is 6.10 Å². The summed E-state index contributed by atoms with van der Waals surface area (Å²) < 4.78 is 11.7. The fraction of sp³-hybridized carbons (Fsp3) is 0.833. The molecule has 0 aromatic rings. The van der Waals surface area contributed by atoms with Crippen LogP contribution in [0.2, 0.25) is 0 Å². The molecule has 3 unspecified atom stereocenters. The molecule has 0 radical (unpaired) electrons. The molecule has 0 aromatic carbocycles. The van der Waals surface area contributed by atoms with Crippen LogP contribution >= 0.6 is 0 Å². The molecular formula is C12H20O2. The Balaban J connectivity index is 1.97. The molecule has 0 aromatic heterocycles. The Morgan fingerprint density at radius 2 is 2.14 bits per heavy atom. The van der Waals surface area contributed by atoms with E-state index in [1.165, 1.54) is 12.8 Å². The lowest BCUT2D eigenvalue weighted by Gasteiger charge is -2.21. The quantitative estimate of drug-likeness (QED) is 0.646. The molecule has 2 fully saturated rings. The fourth-order valence-corrected chi connectivity index (χ4v) is 2.61. The minimum absolute atomic E-state index is 0.195. The van der Waals surface area contributed by atoms with Gasteiger partial charge < -0.3 is 9.47 Å². The Bertz CT molecular complexity index is 220. The van der Waals surface area contributed by atoms with Crippen molar-refractivity contribution in [3.8, 4) is 0 Å². The van der Waals surface area contributed by atoms with Crippen LogP contribution in [0.5, 0.6) is 0 Å². The Morgan fingerprint density at radius 1 is 1.43 bits per heavy atom. The van der Waals surface area contributed by atoms with E-state index in [9.17, 15) is 0 Å². The van der Waals surface area contributed by atoms with Crippen molar-refractivity contribution in [3.05, 3.63) is 12.2 Å². The highest BCUT2D eigenvalue weighted by atomic mass is 16.6. The summed E-state index contributed by atoms with van der Waals surface area (Å²) in [5.41, 5.74) is 1.13. The predicted octanol–water partition coefficient (Wildman–Crippen LogP) is 2.54. The number of ether oxygens (including phenoxy) is 2. The largest absolute Gasteiger partial charge is 0.371 e. The van der Waals surface area contributed by atoms with Crippen LogP contribution in [0.4, 0.5) is 0 Å². The molecule has 0 aliphatic carbocycles. The minimum Gasteiger partial charge on any atom is -0.371 e. The Morgan fingerprint density at radius 3 is 2.71 bits per heavy atom. The second-order valence-corrected chi connectivity index (χ2v) is 4.42. The van der Waals surface area contributed by atoms with E-state index in [0.29, 0.717) is 24.7 Å². The van der Waals surface area contributed by atoms with Gasteiger partial charge in [-0.05, 0) is 11.5 Å². The lowest BCUT2D eigenvalue weighted by molar-refractivity contribution is 0.0204. The average Bonchev–Trinajstić information content (AvgIpc) is 2.72. The highest BCUT2D eigenvalue weighted by Crippen LogP contribution is 2.37. The summed E-state index contributed by atoms with van der Waals surface area (Å²) >= 11 is 0. The summed E-state index contributed by atoms with van der Waals surface area (Å²) in [7, 11) is 0. The maximum Gasteiger partial charge on any atom is 0.107 e. The normalized spacial score (nSPS) is 36.8. The van der Waals surface area contributed by atoms with Crippen molar-refractivity contribution in [2.45, 2.75) is 51.4 Å². The molecule has 3 atom stereocenters. The summed E-state index contributed by atoms with van der Waals surface area (Å²) in [6, 6.07) is 0. The molecule has 2 heterocycles. The van der Waals surface area contributed by atoms with E-state index >= 15 is 0 Å². The molecule has 0 amide bonds. The molecule has 0 saturated carbocycles. The zero-order valence-corrected chi connectivity index (χ0v) is 9.16. The van der Waals surface area contributed by atoms with Crippen LogP contribution in [-0.4, -0.2) is 24.9 Å². The van der Waals surface area contributed by atoms with Crippen molar-refractivity contribution in [1.82, 2.24) is 0 Å². The minimum atomic E-state index is 0.195. The van der Waals surface area contributed by atoms with Crippen LogP contribution in [0.15, 0.2) is 12.2 Å². The molecular weight excluding hydrogens is 176 g/mol. The van der Waals surface area contributed by atoms with Crippen molar-refractivity contribution >= 4 is 0 Å². The zero-order chi connectivity index (χ0) is 10.1. The van der Waals surface area contributed by atoms with Crippen LogP contribution in [-0.2, 0) is 9.47 Å². The first-order valence-corrected chi connectivity index (χ1v) is 5.71. The number of fused-ring (bicyclic) bond motifs is 1. The molecule has 2 heteroatoms. The van der Waals surface area contributed by atoms with E-state index in [2.05, 4.69) is 20.4 Å². The average molecular weight is 196 g/mol. The molecule has 80 valence electrons. The molecule has 0 N–H and O–H groups in total. The van der Waals surface area contributed by atoms with Crippen molar-refractivity contribution in [2.75, 3.05) is 6.61 Å². The van der Waals surface area contributed by atoms with Gasteiger partial charge in [0.25, 0.3) is 0 Å². The van der Waals surface area contributed by atoms with Gasteiger partial charge in [-0.1, -0.05) is 33.3 Å². The van der Waals surface area contributed by atoms with Gasteiger partial charge >= 0.3 is 0 Å². The van der Waals surface area contributed by atoms with Crippen LogP contribution in [0.3, 0.4) is 0 Å². The van der Waals surface area contributed by atoms with Crippen molar-refractivity contribution in [3.63, 3.8) is 0 Å². The summed E-state index contributed by atoms with van der Waals surface area (Å²) in [5.74, 6) is 0.692. The smallest absolute Gasteiger partial charge is 0.107 e. The molecule has 14 heavy (non-hydrogen) atoms. The lowest BCUT2D eigenvalue weighted by Crippen LogP contribution is -2.21. The summed E-state index contributed by atoms with van der Waals surface area (Å²) in [4.78, 5) is 0. The number of rotatable bonds is 3. The van der Waals surface area contributed by atoms with E-state index in [4.69, 9.17) is 9.47 Å². The summed E-state index contributed by atoms with van der Waals surface area (Å²) in [5, 5.41) is 0. The third-order valence-corrected chi connectivity index (χ3v) is 3.58. The standard InChI is InChI=1S/C12H20O2/c1-4-9(5-2)10-6-11-12(14-10)8(3)7-13-11/h9-12H,3-7H2,1-2H3. The van der Waals surface area contributed by atoms with Gasteiger partial charge in [-0.2, -0.15) is 0 Å². The topological polar surface area (TPSA) is 18.5 Å². The van der Waals surface area contributed by atoms with Gasteiger partial charge in [0, 0.05) is 6.42 Å². The van der Waals surface area contributed by atoms with Gasteiger partial charge in [-0.15, -0.1) is 0 Å².